The zero-order chi connectivity index (χ0) is 19.7. The van der Waals surface area contributed by atoms with Crippen LogP contribution in [0.2, 0.25) is 0 Å². The minimum atomic E-state index is -0.573. The number of rotatable bonds is 3. The van der Waals surface area contributed by atoms with Gasteiger partial charge in [-0.25, -0.2) is 4.79 Å². The molecule has 1 heterocycles. The third-order valence-corrected chi connectivity index (χ3v) is 3.85. The van der Waals surface area contributed by atoms with Gasteiger partial charge in [-0.2, -0.15) is 0 Å². The van der Waals surface area contributed by atoms with E-state index in [2.05, 4.69) is 4.84 Å². The van der Waals surface area contributed by atoms with Gasteiger partial charge >= 0.3 is 12.4 Å². The first kappa shape index (κ1) is 21.3. The summed E-state index contributed by atoms with van der Waals surface area (Å²) in [5.41, 5.74) is 0. The fourth-order valence-corrected chi connectivity index (χ4v) is 2.57. The smallest absolute Gasteiger partial charge is 0.334 e. The highest BCUT2D eigenvalue weighted by Crippen LogP contribution is 2.24. The first-order valence-electron chi connectivity index (χ1n) is 8.27. The van der Waals surface area contributed by atoms with Crippen LogP contribution < -0.4 is 0 Å². The molecule has 0 aromatic carbocycles. The normalized spacial score (nSPS) is 17.1. The van der Waals surface area contributed by atoms with E-state index < -0.39 is 29.6 Å². The van der Waals surface area contributed by atoms with E-state index in [9.17, 15) is 28.8 Å². The average Bonchev–Trinajstić information content (AvgIpc) is 2.92. The zero-order valence-electron chi connectivity index (χ0n) is 14.8. The maximum Gasteiger partial charge on any atom is 0.336 e. The molecule has 4 amide bonds. The Morgan fingerprint density at radius 2 is 1.50 bits per heavy atom. The van der Waals surface area contributed by atoms with Crippen molar-refractivity contribution >= 4 is 36.1 Å². The number of hydrogen-bond acceptors (Lipinski definition) is 8. The van der Waals surface area contributed by atoms with Gasteiger partial charge in [0.05, 0.1) is 5.92 Å². The minimum Gasteiger partial charge on any atom is -0.334 e. The molecule has 2 rings (SSSR count). The first-order chi connectivity index (χ1) is 12.3. The van der Waals surface area contributed by atoms with E-state index in [1.807, 2.05) is 0 Å². The van der Waals surface area contributed by atoms with Crippen LogP contribution in [0.5, 0.6) is 0 Å². The summed E-state index contributed by atoms with van der Waals surface area (Å²) in [5, 5.41) is 1.00. The molecule has 0 atom stereocenters. The van der Waals surface area contributed by atoms with E-state index in [1.165, 1.54) is 13.8 Å². The van der Waals surface area contributed by atoms with Crippen molar-refractivity contribution in [2.24, 2.45) is 5.92 Å². The lowest BCUT2D eigenvalue weighted by atomic mass is 9.89. The Morgan fingerprint density at radius 3 is 1.92 bits per heavy atom. The fourth-order valence-electron chi connectivity index (χ4n) is 2.57. The maximum atomic E-state index is 11.6. The largest absolute Gasteiger partial charge is 0.336 e. The number of amides is 4. The van der Waals surface area contributed by atoms with Crippen LogP contribution in [0.3, 0.4) is 0 Å². The molecule has 1 saturated heterocycles. The van der Waals surface area contributed by atoms with Gasteiger partial charge in [0.2, 0.25) is 0 Å². The fraction of sp³-hybridized carbons (Fsp3) is 0.625. The lowest BCUT2D eigenvalue weighted by Gasteiger charge is -2.22. The quantitative estimate of drug-likeness (QED) is 0.402. The number of imide groups is 2. The third kappa shape index (κ3) is 6.26. The van der Waals surface area contributed by atoms with Gasteiger partial charge in [-0.3, -0.25) is 24.0 Å². The van der Waals surface area contributed by atoms with Gasteiger partial charge in [0.1, 0.15) is 0 Å². The lowest BCUT2D eigenvalue weighted by molar-refractivity contribution is -0.204. The van der Waals surface area contributed by atoms with Crippen LogP contribution in [-0.4, -0.2) is 46.2 Å². The Hall–Kier alpha value is -2.78. The summed E-state index contributed by atoms with van der Waals surface area (Å²) >= 11 is 0. The van der Waals surface area contributed by atoms with Crippen molar-refractivity contribution in [3.05, 3.63) is 0 Å². The summed E-state index contributed by atoms with van der Waals surface area (Å²) < 4.78 is 0. The van der Waals surface area contributed by atoms with Crippen molar-refractivity contribution in [3.63, 3.8) is 0 Å². The van der Waals surface area contributed by atoms with Gasteiger partial charge in [-0.15, -0.1) is 10.1 Å². The van der Waals surface area contributed by atoms with Gasteiger partial charge in [-0.1, -0.05) is 19.3 Å². The second-order valence-electron chi connectivity index (χ2n) is 5.86. The second-order valence-corrected chi connectivity index (χ2v) is 5.86. The van der Waals surface area contributed by atoms with Crippen LogP contribution >= 0.6 is 0 Å². The minimum absolute atomic E-state index is 0.0567. The Balaban J connectivity index is 0.000000289. The molecule has 26 heavy (non-hydrogen) atoms. The molecule has 0 N–H and O–H groups in total. The predicted molar refractivity (Wildman–Crippen MR) is 84.1 cm³/mol. The highest BCUT2D eigenvalue weighted by Gasteiger charge is 2.30. The van der Waals surface area contributed by atoms with E-state index in [4.69, 9.17) is 4.84 Å². The van der Waals surface area contributed by atoms with Crippen molar-refractivity contribution < 1.29 is 38.4 Å². The summed E-state index contributed by atoms with van der Waals surface area (Å²) in [7, 11) is 0. The Morgan fingerprint density at radius 1 is 1.00 bits per heavy atom. The monoisotopic (exact) mass is 370 g/mol. The van der Waals surface area contributed by atoms with Crippen molar-refractivity contribution in [1.29, 1.82) is 0 Å². The van der Waals surface area contributed by atoms with E-state index in [1.54, 1.807) is 0 Å². The van der Waals surface area contributed by atoms with Gasteiger partial charge in [0.25, 0.3) is 23.6 Å². The van der Waals surface area contributed by atoms with Crippen LogP contribution in [0.25, 0.3) is 0 Å². The molecule has 10 heteroatoms. The first-order valence-corrected chi connectivity index (χ1v) is 8.27. The summed E-state index contributed by atoms with van der Waals surface area (Å²) in [4.78, 5) is 73.5. The molecule has 0 aromatic heterocycles. The summed E-state index contributed by atoms with van der Waals surface area (Å²) in [6.45, 7) is 2.44. The van der Waals surface area contributed by atoms with E-state index >= 15 is 0 Å². The van der Waals surface area contributed by atoms with Crippen molar-refractivity contribution in [3.8, 4) is 0 Å². The maximum absolute atomic E-state index is 11.6. The molecule has 2 fully saturated rings. The topological polar surface area (TPSA) is 127 Å². The second kappa shape index (κ2) is 10.3. The Kier molecular flexibility index (Phi) is 8.40. The van der Waals surface area contributed by atoms with Crippen LogP contribution in [-0.2, 0) is 38.4 Å². The Bertz CT molecular complexity index is 553. The molecule has 0 spiro atoms. The summed E-state index contributed by atoms with van der Waals surface area (Å²) in [5.74, 6) is -2.71. The van der Waals surface area contributed by atoms with Crippen molar-refractivity contribution in [2.75, 3.05) is 0 Å². The number of hydrogen-bond donors (Lipinski definition) is 0. The molecule has 0 unspecified atom stereocenters. The molecule has 144 valence electrons. The van der Waals surface area contributed by atoms with Crippen molar-refractivity contribution in [2.45, 2.75) is 58.8 Å². The van der Waals surface area contributed by atoms with E-state index in [0.717, 1.165) is 32.1 Å². The molecular weight excluding hydrogens is 348 g/mol. The predicted octanol–water partition coefficient (Wildman–Crippen LogP) is 0.643. The van der Waals surface area contributed by atoms with Crippen LogP contribution in [0.15, 0.2) is 0 Å². The molecule has 2 aliphatic rings. The van der Waals surface area contributed by atoms with Gasteiger partial charge in [-0.05, 0) is 12.8 Å². The third-order valence-electron chi connectivity index (χ3n) is 3.85. The van der Waals surface area contributed by atoms with Gasteiger partial charge < -0.3 is 9.68 Å². The van der Waals surface area contributed by atoms with Crippen LogP contribution in [0.4, 0.5) is 0 Å². The zero-order valence-corrected chi connectivity index (χ0v) is 14.8. The number of nitrogens with zero attached hydrogens (tertiary/aromatic N) is 2. The van der Waals surface area contributed by atoms with E-state index in [-0.39, 0.29) is 25.2 Å². The van der Waals surface area contributed by atoms with Crippen LogP contribution in [0, 0.1) is 5.92 Å². The molecular formula is C16H22N2O8. The lowest BCUT2D eigenvalue weighted by Crippen LogP contribution is -2.37. The molecule has 0 aromatic rings. The average molecular weight is 370 g/mol. The highest BCUT2D eigenvalue weighted by molar-refractivity contribution is 6.01. The molecule has 0 radical (unpaired) electrons. The standard InChI is InChI=1S/C11H17NO4.C5H5NO4/c1-8(13)12(9(2)14)16-11(15)10-6-4-3-5-7-10;7-3-10-6-4(8)1-2-5(6)9/h10H,3-7H2,1-2H3;3H,1-2H2. The molecule has 1 aliphatic carbocycles. The van der Waals surface area contributed by atoms with Gasteiger partial charge in [0, 0.05) is 26.7 Å². The molecule has 1 saturated carbocycles. The summed E-state index contributed by atoms with van der Waals surface area (Å²) in [6.07, 6.45) is 4.96. The number of carbonyl (C=O) groups excluding carboxylic acids is 6. The van der Waals surface area contributed by atoms with E-state index in [0.29, 0.717) is 10.1 Å². The SMILES string of the molecule is CC(=O)N(OC(=O)C1CCCCC1)C(C)=O.O=CON1C(=O)CCC1=O. The number of hydroxylamine groups is 4. The molecule has 0 bridgehead atoms. The van der Waals surface area contributed by atoms with Gasteiger partial charge in [0.15, 0.2) is 0 Å². The van der Waals surface area contributed by atoms with Crippen LogP contribution in [0.1, 0.15) is 58.8 Å². The summed E-state index contributed by atoms with van der Waals surface area (Å²) in [6, 6.07) is 0. The molecule has 1 aliphatic heterocycles. The molecule has 10 nitrogen and oxygen atoms in total. The number of carbonyl (C=O) groups is 6. The Labute approximate surface area is 150 Å². The van der Waals surface area contributed by atoms with Crippen molar-refractivity contribution in [1.82, 2.24) is 10.1 Å². The highest BCUT2D eigenvalue weighted by atomic mass is 16.7.